The van der Waals surface area contributed by atoms with Gasteiger partial charge in [0, 0.05) is 235 Å². The molecule has 0 fully saturated rings. The molecule has 0 aliphatic rings. The molecule has 0 nitrogen and oxygen atoms in total. The van der Waals surface area contributed by atoms with Gasteiger partial charge in [0.25, 0.3) is 0 Å². The van der Waals surface area contributed by atoms with Crippen molar-refractivity contribution in [2.75, 3.05) is 0 Å². The first-order chi connectivity index (χ1) is 56.3. The molecule has 0 heterocycles. The zero-order valence-corrected chi connectivity index (χ0v) is 68.4. The fourth-order valence-electron chi connectivity index (χ4n) is 16.3. The van der Waals surface area contributed by atoms with Crippen molar-refractivity contribution in [2.45, 2.75) is 90.0 Å². The summed E-state index contributed by atoms with van der Waals surface area (Å²) in [7, 11) is 133. The number of terminal acetylenes is 4. The Kier molecular flexibility index (Phi) is 32.3. The monoisotopic (exact) mass is 1430 g/mol. The zero-order valence-electron chi connectivity index (χ0n) is 68.4. The second kappa shape index (κ2) is 40.9. The van der Waals surface area contributed by atoms with E-state index in [-0.39, 0.29) is 54.6 Å². The first-order valence-corrected chi connectivity index (χ1v) is 37.1. The number of fused-ring (bicyclic) bond motifs is 6. The van der Waals surface area contributed by atoms with Crippen LogP contribution < -0.4 is 38.2 Å². The van der Waals surface area contributed by atoms with E-state index >= 15 is 0 Å². The number of benzene rings is 8. The average molecular weight is 1420 g/mol. The maximum absolute atomic E-state index is 8.19. The standard InChI is InChI=1S/C85H43B33/c1-18-25-30-33-35-37-40-44-59-57(17)65-56(16)58(24-7)60(42-23-6)61(43-29-22-5)72(65)73-63(45-38-28-21-4)62(46-39-32-27-20-3)71(64(70(59)73)47-41-36-34-31-26-19-2)74-66-52(12)48(8)50(10)54(14)68(66)75(69-55(15)51(11)49(9)53(13)67(69)74)77-80(104-87)79(86)76-78(81(77)108(91)105-88)82(109(92)113(93)94)84(110(106-89)114(95)96)85(111(115(97)98)116(99)100)83(76)112(117(101)102)118(103)107-90/h2-3,5,7H,1,4,6,8-17H3. The molecule has 0 N–H and O–H groups in total. The summed E-state index contributed by atoms with van der Waals surface area (Å²) in [5, 5.41) is 4.77. The van der Waals surface area contributed by atoms with Gasteiger partial charge in [-0.2, -0.15) is 0 Å². The predicted molar refractivity (Wildman–Crippen MR) is 547 cm³/mol. The highest BCUT2D eigenvalue weighted by atomic mass is 14.3. The minimum Gasteiger partial charge on any atom is -0.115 e. The van der Waals surface area contributed by atoms with E-state index in [1.807, 2.05) is 69.2 Å². The summed E-state index contributed by atoms with van der Waals surface area (Å²) in [6.07, 6.45) is 16.1. The van der Waals surface area contributed by atoms with Gasteiger partial charge in [0.2, 0.25) is 0 Å². The third-order valence-corrected chi connectivity index (χ3v) is 21.9. The van der Waals surface area contributed by atoms with Crippen LogP contribution in [-0.2, 0) is 0 Å². The molecule has 0 amide bonds. The maximum atomic E-state index is 8.19. The summed E-state index contributed by atoms with van der Waals surface area (Å²) in [4.78, 5) is 0. The van der Waals surface area contributed by atoms with E-state index in [1.165, 1.54) is 28.4 Å². The second-order valence-electron chi connectivity index (χ2n) is 28.1. The average Bonchev–Trinajstić information content (AvgIpc) is 0.679. The van der Waals surface area contributed by atoms with Gasteiger partial charge in [-0.3, -0.25) is 0 Å². The molecule has 0 spiro atoms. The van der Waals surface area contributed by atoms with Crippen molar-refractivity contribution in [3.63, 3.8) is 0 Å². The van der Waals surface area contributed by atoms with E-state index in [4.69, 9.17) is 165 Å². The molecule has 0 bridgehead atoms. The van der Waals surface area contributed by atoms with Crippen LogP contribution in [0.25, 0.3) is 76.1 Å². The van der Waals surface area contributed by atoms with Crippen molar-refractivity contribution >= 4 is 331 Å². The van der Waals surface area contributed by atoms with E-state index in [0.29, 0.717) is 110 Å². The van der Waals surface area contributed by atoms with Crippen LogP contribution in [0.4, 0.5) is 0 Å². The molecule has 482 valence electrons. The maximum Gasteiger partial charge on any atom is 0.113 e. The quantitative estimate of drug-likeness (QED) is 0.0387. The van der Waals surface area contributed by atoms with Gasteiger partial charge in [-0.15, -0.1) is 42.5 Å². The van der Waals surface area contributed by atoms with E-state index in [0.717, 1.165) is 44.5 Å². The van der Waals surface area contributed by atoms with Gasteiger partial charge in [-0.1, -0.05) is 80.6 Å². The third-order valence-electron chi connectivity index (χ3n) is 21.9. The lowest BCUT2D eigenvalue weighted by Crippen LogP contribution is -2.80. The van der Waals surface area contributed by atoms with Crippen LogP contribution in [0.1, 0.15) is 115 Å². The van der Waals surface area contributed by atoms with Crippen molar-refractivity contribution in [2.24, 2.45) is 0 Å². The Bertz CT molecular complexity index is 6690. The molecule has 0 atom stereocenters. The van der Waals surface area contributed by atoms with Crippen LogP contribution in [0.2, 0.25) is 0 Å². The lowest BCUT2D eigenvalue weighted by Gasteiger charge is -2.42. The Labute approximate surface area is 734 Å². The van der Waals surface area contributed by atoms with Gasteiger partial charge < -0.3 is 0 Å². The molecule has 8 aromatic carbocycles. The highest BCUT2D eigenvalue weighted by Crippen LogP contribution is 2.54. The highest BCUT2D eigenvalue weighted by Gasteiger charge is 2.43. The zero-order chi connectivity index (χ0) is 87.3. The molecule has 8 aromatic rings. The van der Waals surface area contributed by atoms with Crippen LogP contribution in [0.15, 0.2) is 0 Å². The van der Waals surface area contributed by atoms with E-state index in [9.17, 15) is 0 Å². The lowest BCUT2D eigenvalue weighted by molar-refractivity contribution is 1.24. The normalized spacial score (nSPS) is 9.43. The third kappa shape index (κ3) is 17.3. The fourth-order valence-corrected chi connectivity index (χ4v) is 16.3. The van der Waals surface area contributed by atoms with Gasteiger partial charge in [0.05, 0.1) is 61.9 Å². The van der Waals surface area contributed by atoms with E-state index in [2.05, 4.69) is 178 Å². The number of rotatable bonds is 17. The Morgan fingerprint density at radius 3 is 1.14 bits per heavy atom. The largest absolute Gasteiger partial charge is 0.115 e. The van der Waals surface area contributed by atoms with E-state index < -0.39 is 70.8 Å². The van der Waals surface area contributed by atoms with Crippen LogP contribution in [0.3, 0.4) is 0 Å². The van der Waals surface area contributed by atoms with Gasteiger partial charge in [-0.05, 0) is 313 Å². The smallest absolute Gasteiger partial charge is 0.113 e. The summed E-state index contributed by atoms with van der Waals surface area (Å²) in [5.41, 5.74) is 13.1. The van der Waals surface area contributed by atoms with Crippen LogP contribution in [0, 0.1) is 273 Å². The molecule has 0 saturated carbocycles. The van der Waals surface area contributed by atoms with Crippen molar-refractivity contribution < 1.29 is 0 Å². The summed E-state index contributed by atoms with van der Waals surface area (Å²) in [5.74, 6) is 89.3. The molecule has 0 saturated heterocycles. The number of hydrogen-bond acceptors (Lipinski definition) is 0. The van der Waals surface area contributed by atoms with E-state index in [1.54, 1.807) is 20.8 Å². The topological polar surface area (TPSA) is 0 Å². The van der Waals surface area contributed by atoms with Crippen molar-refractivity contribution in [1.82, 2.24) is 0 Å². The molecule has 0 aliphatic heterocycles. The van der Waals surface area contributed by atoms with Crippen LogP contribution in [-0.4, -0.2) is 239 Å². The number of aryl methyl sites for hydroxylation is 6. The van der Waals surface area contributed by atoms with Gasteiger partial charge in [0.15, 0.2) is 0 Å². The van der Waals surface area contributed by atoms with Crippen molar-refractivity contribution in [1.29, 1.82) is 0 Å². The summed E-state index contributed by atoms with van der Waals surface area (Å²) < 4.78 is 0. The Balaban J connectivity index is 2.07. The molecule has 8 rings (SSSR count). The van der Waals surface area contributed by atoms with Crippen LogP contribution >= 0.6 is 0 Å². The van der Waals surface area contributed by atoms with Crippen LogP contribution in [0.5, 0.6) is 0 Å². The first-order valence-electron chi connectivity index (χ1n) is 37.1. The molecule has 118 heavy (non-hydrogen) atoms. The minimum absolute atomic E-state index is 0.0324. The van der Waals surface area contributed by atoms with Crippen molar-refractivity contribution in [3.05, 3.63) is 94.6 Å². The molecule has 0 unspecified atom stereocenters. The molecule has 0 aliphatic carbocycles. The Morgan fingerprint density at radius 1 is 0.280 bits per heavy atom. The Hall–Kier alpha value is -10.3. The second-order valence-corrected chi connectivity index (χ2v) is 28.1. The molecular formula is C85H43B33. The highest BCUT2D eigenvalue weighted by molar-refractivity contribution is 7.89. The summed E-state index contributed by atoms with van der Waals surface area (Å²) in [6.45, 7) is 18.6. The molecule has 33 heteroatoms. The summed E-state index contributed by atoms with van der Waals surface area (Å²) >= 11 is 0. The minimum atomic E-state index is -1.45. The first kappa shape index (κ1) is 93.2. The molecule has 0 aromatic heterocycles. The molecular weight excluding hydrogens is 1380 g/mol. The fraction of sp³-hybridized carbons (Fsp3) is 0.153. The van der Waals surface area contributed by atoms with Gasteiger partial charge >= 0.3 is 0 Å². The lowest BCUT2D eigenvalue weighted by atomic mass is 8.66. The SMILES string of the molecule is [B][B]B([B])B(B([B])[B])c1c(B(B([B])[B])B([B])[B])c(B([B][B])B([B])[B])c(B([B])B([B])[B])c2c(B([B])[B][B])c(-c3c4c(C)c(C)c(C)c(C)c4c(-c4c(C#CC#CC#C)c(C#CC#CC)c5c(c4C#CC#CC#CC#C)c(C#CC#CC#CC#CC)c(C)c4c(C)c(C#C)c(C#CC)c(C#CC#C)c45)c4c(C)c(C)c(C)c(C)c34)c([B][B])c([B])c12. The number of hydrogen-bond donors (Lipinski definition) is 0. The predicted octanol–water partition coefficient (Wildman–Crippen LogP) is -3.40. The molecule has 40 radical (unpaired) electrons. The summed E-state index contributed by atoms with van der Waals surface area (Å²) in [6, 6.07) is 0. The van der Waals surface area contributed by atoms with Crippen molar-refractivity contribution in [3.8, 4) is 226 Å². The van der Waals surface area contributed by atoms with Gasteiger partial charge in [-0.25, -0.2) is 0 Å². The Morgan fingerprint density at radius 2 is 0.695 bits per heavy atom. The van der Waals surface area contributed by atoms with Gasteiger partial charge in [0.1, 0.15) is 7.85 Å².